The molecule has 4 nitrogen and oxygen atoms in total. The third-order valence-electron chi connectivity index (χ3n) is 3.97. The fourth-order valence-corrected chi connectivity index (χ4v) is 2.77. The SMILES string of the molecule is O=C(CN[C@H]1C[C@@H]1c1ccccc1)N[C@@H]1CCNC1. The zero-order valence-corrected chi connectivity index (χ0v) is 11.1. The summed E-state index contributed by atoms with van der Waals surface area (Å²) in [6.45, 7) is 2.35. The number of hydrogen-bond acceptors (Lipinski definition) is 3. The van der Waals surface area contributed by atoms with Crippen LogP contribution in [-0.4, -0.2) is 37.6 Å². The molecular formula is C15H21N3O. The molecule has 0 bridgehead atoms. The van der Waals surface area contributed by atoms with Gasteiger partial charge < -0.3 is 16.0 Å². The first-order valence-electron chi connectivity index (χ1n) is 7.11. The Morgan fingerprint density at radius 1 is 1.32 bits per heavy atom. The zero-order chi connectivity index (χ0) is 13.1. The highest BCUT2D eigenvalue weighted by Gasteiger charge is 2.37. The van der Waals surface area contributed by atoms with Crippen molar-refractivity contribution in [2.45, 2.75) is 30.8 Å². The monoisotopic (exact) mass is 259 g/mol. The molecule has 3 N–H and O–H groups in total. The van der Waals surface area contributed by atoms with Crippen LogP contribution in [0.25, 0.3) is 0 Å². The molecule has 0 unspecified atom stereocenters. The van der Waals surface area contributed by atoms with Crippen LogP contribution in [-0.2, 0) is 4.79 Å². The van der Waals surface area contributed by atoms with Crippen molar-refractivity contribution in [2.24, 2.45) is 0 Å². The standard InChI is InChI=1S/C15H21N3O/c19-15(18-12-6-7-16-9-12)10-17-14-8-13(14)11-4-2-1-3-5-11/h1-5,12-14,16-17H,6-10H2,(H,18,19)/t12-,13-,14+/m1/s1. The molecule has 1 heterocycles. The van der Waals surface area contributed by atoms with E-state index in [4.69, 9.17) is 0 Å². The average Bonchev–Trinajstić information content (AvgIpc) is 3.05. The predicted octanol–water partition coefficient (Wildman–Crippen LogP) is 0.610. The first-order valence-corrected chi connectivity index (χ1v) is 7.11. The maximum Gasteiger partial charge on any atom is 0.234 e. The first-order chi connectivity index (χ1) is 9.33. The molecule has 2 aliphatic rings. The first kappa shape index (κ1) is 12.6. The summed E-state index contributed by atoms with van der Waals surface area (Å²) in [5.74, 6) is 0.703. The number of amides is 1. The van der Waals surface area contributed by atoms with E-state index in [2.05, 4.69) is 40.2 Å². The molecular weight excluding hydrogens is 238 g/mol. The van der Waals surface area contributed by atoms with Crippen LogP contribution in [0.15, 0.2) is 30.3 Å². The third-order valence-corrected chi connectivity index (χ3v) is 3.97. The number of hydrogen-bond donors (Lipinski definition) is 3. The summed E-state index contributed by atoms with van der Waals surface area (Å²) in [5.41, 5.74) is 1.38. The Hall–Kier alpha value is -1.39. The molecule has 1 aliphatic heterocycles. The molecule has 0 spiro atoms. The number of benzene rings is 1. The van der Waals surface area contributed by atoms with Crippen LogP contribution in [0.3, 0.4) is 0 Å². The minimum Gasteiger partial charge on any atom is -0.351 e. The van der Waals surface area contributed by atoms with Crippen molar-refractivity contribution >= 4 is 5.91 Å². The summed E-state index contributed by atoms with van der Waals surface area (Å²) < 4.78 is 0. The van der Waals surface area contributed by atoms with Gasteiger partial charge in [-0.25, -0.2) is 0 Å². The largest absolute Gasteiger partial charge is 0.351 e. The Bertz CT molecular complexity index is 428. The van der Waals surface area contributed by atoms with Crippen molar-refractivity contribution in [1.82, 2.24) is 16.0 Å². The van der Waals surface area contributed by atoms with Gasteiger partial charge in [0.2, 0.25) is 5.91 Å². The Morgan fingerprint density at radius 3 is 2.89 bits per heavy atom. The van der Waals surface area contributed by atoms with Gasteiger partial charge in [-0.2, -0.15) is 0 Å². The Labute approximate surface area is 114 Å². The van der Waals surface area contributed by atoms with Gasteiger partial charge in [0, 0.05) is 24.5 Å². The molecule has 3 rings (SSSR count). The van der Waals surface area contributed by atoms with Gasteiger partial charge in [-0.1, -0.05) is 30.3 Å². The lowest BCUT2D eigenvalue weighted by molar-refractivity contribution is -0.120. The van der Waals surface area contributed by atoms with Gasteiger partial charge >= 0.3 is 0 Å². The van der Waals surface area contributed by atoms with Crippen LogP contribution in [0.5, 0.6) is 0 Å². The van der Waals surface area contributed by atoms with Crippen molar-refractivity contribution in [3.05, 3.63) is 35.9 Å². The third kappa shape index (κ3) is 3.33. The normalized spacial score (nSPS) is 29.2. The summed E-state index contributed by atoms with van der Waals surface area (Å²) in [6, 6.07) is 11.3. The molecule has 0 aromatic heterocycles. The van der Waals surface area contributed by atoms with Crippen molar-refractivity contribution in [3.63, 3.8) is 0 Å². The molecule has 2 fully saturated rings. The molecule has 1 aromatic carbocycles. The van der Waals surface area contributed by atoms with Gasteiger partial charge in [-0.05, 0) is 24.9 Å². The quantitative estimate of drug-likeness (QED) is 0.726. The molecule has 4 heteroatoms. The lowest BCUT2D eigenvalue weighted by Gasteiger charge is -2.11. The van der Waals surface area contributed by atoms with E-state index < -0.39 is 0 Å². The van der Waals surface area contributed by atoms with Gasteiger partial charge in [-0.3, -0.25) is 4.79 Å². The lowest BCUT2D eigenvalue weighted by Crippen LogP contribution is -2.42. The van der Waals surface area contributed by atoms with E-state index in [-0.39, 0.29) is 5.91 Å². The topological polar surface area (TPSA) is 53.2 Å². The van der Waals surface area contributed by atoms with Gasteiger partial charge in [0.05, 0.1) is 6.54 Å². The molecule has 1 aromatic rings. The molecule has 1 amide bonds. The summed E-state index contributed by atoms with van der Waals surface area (Å²) in [7, 11) is 0. The molecule has 1 saturated carbocycles. The Balaban J connectivity index is 1.38. The molecule has 102 valence electrons. The summed E-state index contributed by atoms with van der Waals surface area (Å²) in [5, 5.41) is 9.65. The van der Waals surface area contributed by atoms with E-state index in [1.54, 1.807) is 0 Å². The highest BCUT2D eigenvalue weighted by molar-refractivity contribution is 5.78. The van der Waals surface area contributed by atoms with Crippen LogP contribution in [0, 0.1) is 0 Å². The van der Waals surface area contributed by atoms with Crippen molar-refractivity contribution in [2.75, 3.05) is 19.6 Å². The van der Waals surface area contributed by atoms with E-state index in [0.717, 1.165) is 25.9 Å². The minimum atomic E-state index is 0.118. The fourth-order valence-electron chi connectivity index (χ4n) is 2.77. The molecule has 19 heavy (non-hydrogen) atoms. The second-order valence-corrected chi connectivity index (χ2v) is 5.50. The maximum atomic E-state index is 11.8. The number of nitrogens with one attached hydrogen (secondary N) is 3. The maximum absolute atomic E-state index is 11.8. The van der Waals surface area contributed by atoms with E-state index in [1.165, 1.54) is 5.56 Å². The molecule has 3 atom stereocenters. The summed E-state index contributed by atoms with van der Waals surface area (Å²) >= 11 is 0. The average molecular weight is 259 g/mol. The van der Waals surface area contributed by atoms with Gasteiger partial charge in [0.1, 0.15) is 0 Å². The van der Waals surface area contributed by atoms with Crippen LogP contribution in [0.1, 0.15) is 24.3 Å². The lowest BCUT2D eigenvalue weighted by atomic mass is 10.1. The summed E-state index contributed by atoms with van der Waals surface area (Å²) in [4.78, 5) is 11.8. The van der Waals surface area contributed by atoms with E-state index in [9.17, 15) is 4.79 Å². The van der Waals surface area contributed by atoms with Gasteiger partial charge in [-0.15, -0.1) is 0 Å². The number of rotatable bonds is 5. The molecule has 1 saturated heterocycles. The Kier molecular flexibility index (Phi) is 3.80. The zero-order valence-electron chi connectivity index (χ0n) is 11.1. The fraction of sp³-hybridized carbons (Fsp3) is 0.533. The molecule has 0 radical (unpaired) electrons. The van der Waals surface area contributed by atoms with Crippen LogP contribution >= 0.6 is 0 Å². The minimum absolute atomic E-state index is 0.118. The number of carbonyl (C=O) groups is 1. The van der Waals surface area contributed by atoms with Crippen molar-refractivity contribution < 1.29 is 4.79 Å². The van der Waals surface area contributed by atoms with Crippen LogP contribution in [0.2, 0.25) is 0 Å². The highest BCUT2D eigenvalue weighted by Crippen LogP contribution is 2.40. The van der Waals surface area contributed by atoms with Crippen molar-refractivity contribution in [1.29, 1.82) is 0 Å². The van der Waals surface area contributed by atoms with Crippen LogP contribution in [0.4, 0.5) is 0 Å². The second kappa shape index (κ2) is 5.72. The van der Waals surface area contributed by atoms with Gasteiger partial charge in [0.15, 0.2) is 0 Å². The smallest absolute Gasteiger partial charge is 0.234 e. The van der Waals surface area contributed by atoms with Gasteiger partial charge in [0.25, 0.3) is 0 Å². The Morgan fingerprint density at radius 2 is 2.16 bits per heavy atom. The van der Waals surface area contributed by atoms with E-state index in [0.29, 0.717) is 24.5 Å². The highest BCUT2D eigenvalue weighted by atomic mass is 16.2. The van der Waals surface area contributed by atoms with Crippen LogP contribution < -0.4 is 16.0 Å². The van der Waals surface area contributed by atoms with E-state index >= 15 is 0 Å². The number of carbonyl (C=O) groups excluding carboxylic acids is 1. The van der Waals surface area contributed by atoms with E-state index in [1.807, 2.05) is 6.07 Å². The summed E-state index contributed by atoms with van der Waals surface area (Å²) in [6.07, 6.45) is 2.18. The van der Waals surface area contributed by atoms with Crippen molar-refractivity contribution in [3.8, 4) is 0 Å². The molecule has 1 aliphatic carbocycles. The second-order valence-electron chi connectivity index (χ2n) is 5.50. The predicted molar refractivity (Wildman–Crippen MR) is 75.0 cm³/mol.